The van der Waals surface area contributed by atoms with Crippen molar-refractivity contribution in [1.82, 2.24) is 14.1 Å². The minimum atomic E-state index is -2.77. The quantitative estimate of drug-likeness (QED) is 0.486. The van der Waals surface area contributed by atoms with Crippen molar-refractivity contribution in [2.75, 3.05) is 7.11 Å². The van der Waals surface area contributed by atoms with E-state index < -0.39 is 16.9 Å². The molecular formula is C20H23N3O4S. The fraction of sp³-hybridized carbons (Fsp3) is 0.300. The summed E-state index contributed by atoms with van der Waals surface area (Å²) in [6, 6.07) is 12.8. The van der Waals surface area contributed by atoms with Gasteiger partial charge >= 0.3 is 5.97 Å². The lowest BCUT2D eigenvalue weighted by molar-refractivity contribution is 0.0600. The molecule has 0 aliphatic carbocycles. The predicted molar refractivity (Wildman–Crippen MR) is 107 cm³/mol. The number of methoxy groups -OCH3 is 1. The van der Waals surface area contributed by atoms with Crippen molar-refractivity contribution in [3.63, 3.8) is 0 Å². The molecule has 28 heavy (non-hydrogen) atoms. The highest BCUT2D eigenvalue weighted by atomic mass is 32.2. The second-order valence-corrected chi connectivity index (χ2v) is 7.87. The Morgan fingerprint density at radius 2 is 1.75 bits per heavy atom. The molecule has 0 fully saturated rings. The maximum Gasteiger partial charge on any atom is 0.337 e. The predicted octanol–water partition coefficient (Wildman–Crippen LogP) is 2.93. The number of benzene rings is 2. The lowest BCUT2D eigenvalue weighted by atomic mass is 10.1. The molecule has 0 bridgehead atoms. The average Bonchev–Trinajstić information content (AvgIpc) is 3.11. The van der Waals surface area contributed by atoms with Crippen LogP contribution in [0.4, 0.5) is 0 Å². The van der Waals surface area contributed by atoms with Gasteiger partial charge in [0.1, 0.15) is 0 Å². The van der Waals surface area contributed by atoms with Crippen LogP contribution in [0, 0.1) is 0 Å². The van der Waals surface area contributed by atoms with Gasteiger partial charge in [-0.15, -0.1) is 0 Å². The summed E-state index contributed by atoms with van der Waals surface area (Å²) in [6.07, 6.45) is 1.81. The number of carbonyl (C=O) groups excluding carboxylic acids is 1. The lowest BCUT2D eigenvalue weighted by Gasteiger charge is -2.16. The molecule has 8 heteroatoms. The number of carbonyl (C=O) groups is 1. The topological polar surface area (TPSA) is 81.5 Å². The largest absolute Gasteiger partial charge is 0.465 e. The van der Waals surface area contributed by atoms with Gasteiger partial charge in [0.25, 0.3) is 0 Å². The third-order valence-electron chi connectivity index (χ3n) is 4.49. The molecule has 7 nitrogen and oxygen atoms in total. The van der Waals surface area contributed by atoms with E-state index in [1.165, 1.54) is 11.4 Å². The maximum absolute atomic E-state index is 11.8. The van der Waals surface area contributed by atoms with Gasteiger partial charge in [-0.2, -0.15) is 9.40 Å². The molecule has 1 aromatic heterocycles. The Morgan fingerprint density at radius 3 is 2.36 bits per heavy atom. The summed E-state index contributed by atoms with van der Waals surface area (Å²) in [5.74, 6) is -0.423. The van der Waals surface area contributed by atoms with E-state index >= 15 is 0 Å². The van der Waals surface area contributed by atoms with E-state index in [0.717, 1.165) is 22.0 Å². The van der Waals surface area contributed by atoms with Crippen LogP contribution in [0.3, 0.4) is 0 Å². The van der Waals surface area contributed by atoms with Crippen LogP contribution in [0.1, 0.15) is 41.4 Å². The minimum absolute atomic E-state index is 0.216. The van der Waals surface area contributed by atoms with Gasteiger partial charge in [0, 0.05) is 24.5 Å². The van der Waals surface area contributed by atoms with Gasteiger partial charge in [-0.1, -0.05) is 24.3 Å². The van der Waals surface area contributed by atoms with Crippen molar-refractivity contribution in [3.05, 3.63) is 65.4 Å². The fourth-order valence-electron chi connectivity index (χ4n) is 3.05. The van der Waals surface area contributed by atoms with Crippen LogP contribution in [-0.4, -0.2) is 35.6 Å². The van der Waals surface area contributed by atoms with E-state index in [0.29, 0.717) is 5.56 Å². The summed E-state index contributed by atoms with van der Waals surface area (Å²) in [6.45, 7) is 4.59. The highest BCUT2D eigenvalue weighted by molar-refractivity contribution is 7.69. The van der Waals surface area contributed by atoms with Crippen LogP contribution in [0.2, 0.25) is 0 Å². The zero-order valence-electron chi connectivity index (χ0n) is 16.0. The van der Waals surface area contributed by atoms with E-state index in [9.17, 15) is 13.2 Å². The number of esters is 1. The van der Waals surface area contributed by atoms with E-state index in [1.807, 2.05) is 29.1 Å². The van der Waals surface area contributed by atoms with Gasteiger partial charge in [0.05, 0.1) is 24.4 Å². The highest BCUT2D eigenvalue weighted by Crippen LogP contribution is 2.21. The van der Waals surface area contributed by atoms with Crippen LogP contribution < -0.4 is 0 Å². The molecule has 2 aromatic carbocycles. The molecule has 3 aromatic rings. The first-order valence-corrected chi connectivity index (χ1v) is 10.0. The number of aromatic nitrogens is 2. The van der Waals surface area contributed by atoms with Crippen molar-refractivity contribution in [1.29, 1.82) is 0 Å². The van der Waals surface area contributed by atoms with E-state index in [2.05, 4.69) is 23.7 Å². The molecule has 3 rings (SSSR count). The molecule has 0 aliphatic rings. The summed E-state index contributed by atoms with van der Waals surface area (Å²) >= 11 is 0. The van der Waals surface area contributed by atoms with Gasteiger partial charge in [-0.25, -0.2) is 13.2 Å². The summed E-state index contributed by atoms with van der Waals surface area (Å²) in [5.41, 5.74) is 3.09. The van der Waals surface area contributed by atoms with E-state index in [-0.39, 0.29) is 19.1 Å². The smallest absolute Gasteiger partial charge is 0.337 e. The van der Waals surface area contributed by atoms with E-state index in [1.54, 1.807) is 24.3 Å². The number of fused-ring (bicyclic) bond motifs is 1. The number of ether oxygens (including phenoxy) is 1. The third-order valence-corrected chi connectivity index (χ3v) is 5.23. The van der Waals surface area contributed by atoms with Crippen molar-refractivity contribution >= 4 is 27.8 Å². The van der Waals surface area contributed by atoms with Gasteiger partial charge in [0.2, 0.25) is 10.9 Å². The van der Waals surface area contributed by atoms with Crippen LogP contribution in [-0.2, 0) is 28.7 Å². The van der Waals surface area contributed by atoms with Crippen LogP contribution in [0.15, 0.2) is 48.7 Å². The summed E-state index contributed by atoms with van der Waals surface area (Å²) in [5, 5.41) is 5.42. The number of hydrogen-bond acceptors (Lipinski definition) is 5. The van der Waals surface area contributed by atoms with Crippen molar-refractivity contribution in [2.45, 2.75) is 33.0 Å². The standard InChI is InChI=1S/C20H23N3O4S/c1-14(2)23-19-10-16(6-9-18(19)11-21-23)13-22(28(25)26)12-15-4-7-17(8-5-15)20(24)27-3/h4-11,14,28H,12-13H2,1-3H3. The molecular weight excluding hydrogens is 378 g/mol. The van der Waals surface area contributed by atoms with Gasteiger partial charge in [-0.05, 0) is 43.2 Å². The lowest BCUT2D eigenvalue weighted by Crippen LogP contribution is -2.21. The molecule has 1 heterocycles. The normalized spacial score (nSPS) is 11.6. The Labute approximate surface area is 165 Å². The first-order valence-electron chi connectivity index (χ1n) is 8.91. The fourth-order valence-corrected chi connectivity index (χ4v) is 3.61. The molecule has 0 N–H and O–H groups in total. The highest BCUT2D eigenvalue weighted by Gasteiger charge is 2.13. The van der Waals surface area contributed by atoms with Crippen LogP contribution in [0.5, 0.6) is 0 Å². The van der Waals surface area contributed by atoms with Crippen molar-refractivity contribution in [3.8, 4) is 0 Å². The number of thiol groups is 1. The third kappa shape index (κ3) is 4.40. The van der Waals surface area contributed by atoms with E-state index in [4.69, 9.17) is 0 Å². The Balaban J connectivity index is 1.80. The molecule has 0 saturated heterocycles. The van der Waals surface area contributed by atoms with Crippen LogP contribution >= 0.6 is 0 Å². The number of hydrogen-bond donors (Lipinski definition) is 1. The first kappa shape index (κ1) is 20.0. The first-order chi connectivity index (χ1) is 13.4. The summed E-state index contributed by atoms with van der Waals surface area (Å²) in [7, 11) is -1.45. The molecule has 0 unspecified atom stereocenters. The van der Waals surface area contributed by atoms with Gasteiger partial charge in [0.15, 0.2) is 0 Å². The van der Waals surface area contributed by atoms with Crippen molar-refractivity contribution < 1.29 is 17.9 Å². The Kier molecular flexibility index (Phi) is 6.11. The zero-order valence-corrected chi connectivity index (χ0v) is 16.9. The number of rotatable bonds is 7. The molecule has 0 atom stereocenters. The second kappa shape index (κ2) is 8.53. The molecule has 0 saturated carbocycles. The van der Waals surface area contributed by atoms with Crippen molar-refractivity contribution in [2.24, 2.45) is 0 Å². The molecule has 148 valence electrons. The molecule has 0 amide bonds. The monoisotopic (exact) mass is 401 g/mol. The molecule has 0 radical (unpaired) electrons. The summed E-state index contributed by atoms with van der Waals surface area (Å²) in [4.78, 5) is 11.5. The SMILES string of the molecule is COC(=O)c1ccc(CN(Cc2ccc3cnn(C(C)C)c3c2)[SH](=O)=O)cc1. The average molecular weight is 401 g/mol. The summed E-state index contributed by atoms with van der Waals surface area (Å²) < 4.78 is 31.6. The molecule has 0 aliphatic heterocycles. The Hall–Kier alpha value is -2.71. The van der Waals surface area contributed by atoms with Crippen LogP contribution in [0.25, 0.3) is 10.9 Å². The zero-order chi connectivity index (χ0) is 20.3. The Bertz CT molecular complexity index is 1050. The Morgan fingerprint density at radius 1 is 1.11 bits per heavy atom. The van der Waals surface area contributed by atoms with Gasteiger partial charge in [-0.3, -0.25) is 4.68 Å². The maximum atomic E-state index is 11.8. The second-order valence-electron chi connectivity index (χ2n) is 6.83. The number of nitrogens with zero attached hydrogens (tertiary/aromatic N) is 3. The minimum Gasteiger partial charge on any atom is -0.465 e. The van der Waals surface area contributed by atoms with Gasteiger partial charge < -0.3 is 4.74 Å². The molecule has 0 spiro atoms.